The summed E-state index contributed by atoms with van der Waals surface area (Å²) < 4.78 is 10.9. The maximum Gasteiger partial charge on any atom is 0.227 e. The van der Waals surface area contributed by atoms with Crippen LogP contribution in [-0.2, 0) is 11.2 Å². The Balaban J connectivity index is 1.63. The average molecular weight is 365 g/mol. The minimum Gasteiger partial charge on any atom is -0.492 e. The van der Waals surface area contributed by atoms with Crippen molar-refractivity contribution in [1.82, 2.24) is 10.1 Å². The monoisotopic (exact) mass is 365 g/mol. The second-order valence-corrected chi connectivity index (χ2v) is 6.23. The van der Waals surface area contributed by atoms with Gasteiger partial charge < -0.3 is 14.2 Å². The molecule has 0 aliphatic heterocycles. The molecule has 0 radical (unpaired) electrons. The molecule has 1 heterocycles. The van der Waals surface area contributed by atoms with Crippen molar-refractivity contribution in [2.24, 2.45) is 0 Å². The number of hydrogen-bond acceptors (Lipinski definition) is 5. The summed E-state index contributed by atoms with van der Waals surface area (Å²) in [6.07, 6.45) is 0.658. The van der Waals surface area contributed by atoms with E-state index in [0.717, 1.165) is 11.3 Å². The van der Waals surface area contributed by atoms with Crippen molar-refractivity contribution in [3.8, 4) is 17.1 Å². The quantitative estimate of drug-likeness (QED) is 0.632. The van der Waals surface area contributed by atoms with Crippen molar-refractivity contribution in [2.75, 3.05) is 18.6 Å². The fraction of sp³-hybridized carbons (Fsp3) is 0.286. The van der Waals surface area contributed by atoms with Gasteiger partial charge in [-0.3, -0.25) is 4.79 Å². The molecule has 27 heavy (non-hydrogen) atoms. The van der Waals surface area contributed by atoms with E-state index in [4.69, 9.17) is 9.26 Å². The zero-order valence-corrected chi connectivity index (χ0v) is 15.8. The first-order valence-electron chi connectivity index (χ1n) is 8.96. The van der Waals surface area contributed by atoms with E-state index in [1.165, 1.54) is 5.56 Å². The van der Waals surface area contributed by atoms with E-state index in [0.29, 0.717) is 30.5 Å². The summed E-state index contributed by atoms with van der Waals surface area (Å²) >= 11 is 0. The molecule has 2 aromatic carbocycles. The summed E-state index contributed by atoms with van der Waals surface area (Å²) in [5, 5.41) is 4.00. The van der Waals surface area contributed by atoms with Gasteiger partial charge in [0.1, 0.15) is 5.75 Å². The van der Waals surface area contributed by atoms with E-state index in [2.05, 4.69) is 10.1 Å². The van der Waals surface area contributed by atoms with Gasteiger partial charge in [0.25, 0.3) is 0 Å². The van der Waals surface area contributed by atoms with E-state index in [1.54, 1.807) is 11.9 Å². The molecule has 3 aromatic rings. The summed E-state index contributed by atoms with van der Waals surface area (Å²) in [4.78, 5) is 18.6. The van der Waals surface area contributed by atoms with Crippen molar-refractivity contribution in [1.29, 1.82) is 0 Å². The fourth-order valence-electron chi connectivity index (χ4n) is 2.70. The van der Waals surface area contributed by atoms with Crippen LogP contribution >= 0.6 is 0 Å². The lowest BCUT2D eigenvalue weighted by atomic mass is 10.1. The van der Waals surface area contributed by atoms with Crippen LogP contribution in [0.15, 0.2) is 53.1 Å². The number of nitrogens with zero attached hydrogens (tertiary/aromatic N) is 3. The molecule has 0 aliphatic carbocycles. The molecule has 0 saturated carbocycles. The van der Waals surface area contributed by atoms with Gasteiger partial charge in [0.2, 0.25) is 17.6 Å². The summed E-state index contributed by atoms with van der Waals surface area (Å²) in [5.74, 6) is 1.63. The highest BCUT2D eigenvalue weighted by Gasteiger charge is 2.17. The summed E-state index contributed by atoms with van der Waals surface area (Å²) in [6, 6.07) is 15.4. The molecular formula is C21H23N3O3. The Labute approximate surface area is 158 Å². The first-order valence-corrected chi connectivity index (χ1v) is 8.96. The number of aryl methyl sites for hydroxylation is 2. The Morgan fingerprint density at radius 2 is 1.89 bits per heavy atom. The largest absolute Gasteiger partial charge is 0.492 e. The Kier molecular flexibility index (Phi) is 5.86. The smallest absolute Gasteiger partial charge is 0.227 e. The van der Waals surface area contributed by atoms with Crippen LogP contribution in [0, 0.1) is 6.92 Å². The topological polar surface area (TPSA) is 68.5 Å². The third-order valence-electron chi connectivity index (χ3n) is 4.23. The molecule has 3 rings (SSSR count). The number of para-hydroxylation sites is 2. The van der Waals surface area contributed by atoms with E-state index in [9.17, 15) is 4.79 Å². The lowest BCUT2D eigenvalue weighted by Gasteiger charge is -2.20. The van der Waals surface area contributed by atoms with Crippen LogP contribution < -0.4 is 9.64 Å². The molecule has 1 aromatic heterocycles. The normalized spacial score (nSPS) is 10.6. The highest BCUT2D eigenvalue weighted by molar-refractivity contribution is 5.94. The van der Waals surface area contributed by atoms with E-state index in [1.807, 2.05) is 62.4 Å². The van der Waals surface area contributed by atoms with Crippen molar-refractivity contribution < 1.29 is 14.1 Å². The fourth-order valence-corrected chi connectivity index (χ4v) is 2.70. The SMILES string of the molecule is CCOc1ccccc1N(C)C(=O)CCc1nc(-c2ccc(C)cc2)no1. The number of carbonyl (C=O) groups is 1. The molecule has 0 fully saturated rings. The van der Waals surface area contributed by atoms with Crippen LogP contribution in [0.5, 0.6) is 5.75 Å². The van der Waals surface area contributed by atoms with Gasteiger partial charge in [-0.15, -0.1) is 0 Å². The number of amides is 1. The van der Waals surface area contributed by atoms with Crippen LogP contribution in [0.1, 0.15) is 24.8 Å². The molecular weight excluding hydrogens is 342 g/mol. The Morgan fingerprint density at radius 1 is 1.15 bits per heavy atom. The molecule has 1 amide bonds. The van der Waals surface area contributed by atoms with Crippen LogP contribution in [0.4, 0.5) is 5.69 Å². The van der Waals surface area contributed by atoms with E-state index >= 15 is 0 Å². The third-order valence-corrected chi connectivity index (χ3v) is 4.23. The predicted octanol–water partition coefficient (Wildman–Crippen LogP) is 4.04. The first kappa shape index (κ1) is 18.6. The number of carbonyl (C=O) groups excluding carboxylic acids is 1. The number of anilines is 1. The third kappa shape index (κ3) is 4.53. The molecule has 0 unspecified atom stereocenters. The van der Waals surface area contributed by atoms with Crippen LogP contribution in [0.25, 0.3) is 11.4 Å². The van der Waals surface area contributed by atoms with Gasteiger partial charge in [-0.05, 0) is 26.0 Å². The van der Waals surface area contributed by atoms with Gasteiger partial charge in [-0.25, -0.2) is 0 Å². The van der Waals surface area contributed by atoms with Crippen LogP contribution in [0.2, 0.25) is 0 Å². The van der Waals surface area contributed by atoms with Crippen LogP contribution in [0.3, 0.4) is 0 Å². The molecule has 0 N–H and O–H groups in total. The number of rotatable bonds is 7. The summed E-state index contributed by atoms with van der Waals surface area (Å²) in [5.41, 5.74) is 2.81. The second kappa shape index (κ2) is 8.49. The van der Waals surface area contributed by atoms with Gasteiger partial charge in [0.05, 0.1) is 12.3 Å². The van der Waals surface area contributed by atoms with Gasteiger partial charge >= 0.3 is 0 Å². The average Bonchev–Trinajstić information content (AvgIpc) is 3.16. The maximum absolute atomic E-state index is 12.6. The van der Waals surface area contributed by atoms with Crippen molar-refractivity contribution >= 4 is 11.6 Å². The maximum atomic E-state index is 12.6. The summed E-state index contributed by atoms with van der Waals surface area (Å²) in [7, 11) is 1.74. The molecule has 0 spiro atoms. The van der Waals surface area contributed by atoms with E-state index in [-0.39, 0.29) is 12.3 Å². The van der Waals surface area contributed by atoms with Gasteiger partial charge in [-0.2, -0.15) is 4.98 Å². The molecule has 0 aliphatic rings. The zero-order valence-electron chi connectivity index (χ0n) is 15.8. The van der Waals surface area contributed by atoms with Crippen molar-refractivity contribution in [2.45, 2.75) is 26.7 Å². The lowest BCUT2D eigenvalue weighted by molar-refractivity contribution is -0.118. The molecule has 0 atom stereocenters. The summed E-state index contributed by atoms with van der Waals surface area (Å²) in [6.45, 7) is 4.49. The number of benzene rings is 2. The molecule has 140 valence electrons. The first-order chi connectivity index (χ1) is 13.1. The van der Waals surface area contributed by atoms with Gasteiger partial charge in [0.15, 0.2) is 0 Å². The lowest BCUT2D eigenvalue weighted by Crippen LogP contribution is -2.27. The minimum absolute atomic E-state index is 0.0442. The van der Waals surface area contributed by atoms with Crippen LogP contribution in [-0.4, -0.2) is 29.7 Å². The van der Waals surface area contributed by atoms with Gasteiger partial charge in [-0.1, -0.05) is 47.1 Å². The predicted molar refractivity (Wildman–Crippen MR) is 104 cm³/mol. The Morgan fingerprint density at radius 3 is 2.63 bits per heavy atom. The van der Waals surface area contributed by atoms with Gasteiger partial charge in [0, 0.05) is 25.5 Å². The number of aromatic nitrogens is 2. The highest BCUT2D eigenvalue weighted by Crippen LogP contribution is 2.27. The second-order valence-electron chi connectivity index (χ2n) is 6.23. The van der Waals surface area contributed by atoms with Crippen molar-refractivity contribution in [3.05, 3.63) is 60.0 Å². The Bertz CT molecular complexity index is 903. The molecule has 6 nitrogen and oxygen atoms in total. The molecule has 0 bridgehead atoms. The standard InChI is InChI=1S/C21H23N3O3/c1-4-26-18-8-6-5-7-17(18)24(3)20(25)14-13-19-22-21(23-27-19)16-11-9-15(2)10-12-16/h5-12H,4,13-14H2,1-3H3. The number of ether oxygens (including phenoxy) is 1. The molecule has 6 heteroatoms. The number of hydrogen-bond donors (Lipinski definition) is 0. The van der Waals surface area contributed by atoms with E-state index < -0.39 is 0 Å². The zero-order chi connectivity index (χ0) is 19.2. The highest BCUT2D eigenvalue weighted by atomic mass is 16.5. The minimum atomic E-state index is -0.0442. The van der Waals surface area contributed by atoms with Crippen molar-refractivity contribution in [3.63, 3.8) is 0 Å². The molecule has 0 saturated heterocycles. The Hall–Kier alpha value is -3.15.